The Balaban J connectivity index is 0.000000349. The van der Waals surface area contributed by atoms with E-state index >= 15 is 0 Å². The molecule has 1 aromatic carbocycles. The van der Waals surface area contributed by atoms with Gasteiger partial charge >= 0.3 is 0 Å². The third kappa shape index (κ3) is 11.9. The molecule has 2 heterocycles. The summed E-state index contributed by atoms with van der Waals surface area (Å²) in [5.74, 6) is 0. The number of halogens is 1. The van der Waals surface area contributed by atoms with Crippen LogP contribution >= 0.6 is 11.6 Å². The number of aldehydes is 1. The van der Waals surface area contributed by atoms with Crippen LogP contribution in [0, 0.1) is 0 Å². The fourth-order valence-electron chi connectivity index (χ4n) is 4.08. The van der Waals surface area contributed by atoms with E-state index in [1.807, 2.05) is 19.2 Å². The Morgan fingerprint density at radius 3 is 2.19 bits per heavy atom. The Labute approximate surface area is 241 Å². The van der Waals surface area contributed by atoms with Gasteiger partial charge < -0.3 is 31.0 Å². The first kappa shape index (κ1) is 33.7. The van der Waals surface area contributed by atoms with Gasteiger partial charge in [0.05, 0.1) is 17.2 Å². The van der Waals surface area contributed by atoms with Gasteiger partial charge in [-0.15, -0.1) is 6.04 Å². The van der Waals surface area contributed by atoms with Gasteiger partial charge in [-0.2, -0.15) is 0 Å². The van der Waals surface area contributed by atoms with E-state index in [1.54, 1.807) is 23.4 Å². The van der Waals surface area contributed by atoms with Gasteiger partial charge in [-0.1, -0.05) is 76.6 Å². The summed E-state index contributed by atoms with van der Waals surface area (Å²) in [7, 11) is 1.84. The van der Waals surface area contributed by atoms with Crippen LogP contribution in [0.25, 0.3) is 5.73 Å². The zero-order valence-electron chi connectivity index (χ0n) is 22.4. The van der Waals surface area contributed by atoms with E-state index in [4.69, 9.17) is 22.4 Å². The number of hydrogen-bond acceptors (Lipinski definition) is 6. The average Bonchev–Trinajstić information content (AvgIpc) is 3.29. The van der Waals surface area contributed by atoms with Crippen molar-refractivity contribution in [3.8, 4) is 0 Å². The Bertz CT molecular complexity index is 920. The number of carbonyl (C=O) groups is 1. The number of aliphatic hydroxyl groups excluding tert-OH is 2. The Morgan fingerprint density at radius 1 is 1.16 bits per heavy atom. The molecule has 37 heavy (non-hydrogen) atoms. The number of anilines is 1. The van der Waals surface area contributed by atoms with E-state index in [1.165, 1.54) is 24.8 Å². The summed E-state index contributed by atoms with van der Waals surface area (Å²) in [5, 5.41) is 22.6. The van der Waals surface area contributed by atoms with E-state index in [0.717, 1.165) is 24.8 Å². The first-order valence-electron chi connectivity index (χ1n) is 12.7. The molecule has 0 amide bonds. The minimum absolute atomic E-state index is 0. The zero-order chi connectivity index (χ0) is 26.7. The van der Waals surface area contributed by atoms with Crippen molar-refractivity contribution in [2.24, 2.45) is 0 Å². The summed E-state index contributed by atoms with van der Waals surface area (Å²) in [6.07, 6.45) is 9.76. The summed E-state index contributed by atoms with van der Waals surface area (Å²) >= 11 is 5.92. The number of aromatic nitrogens is 1. The quantitative estimate of drug-likeness (QED) is 0.290. The van der Waals surface area contributed by atoms with Gasteiger partial charge in [0.25, 0.3) is 0 Å². The van der Waals surface area contributed by atoms with Crippen LogP contribution in [0.1, 0.15) is 76.7 Å². The molecule has 4 rings (SSSR count). The number of pyridine rings is 1. The predicted octanol–water partition coefficient (Wildman–Crippen LogP) is 5.44. The molecule has 4 N–H and O–H groups in total. The van der Waals surface area contributed by atoms with Gasteiger partial charge in [0, 0.05) is 58.3 Å². The second kappa shape index (κ2) is 16.6. The standard InChI is InChI=1S/C17H21ClN2O.C6H12N.C5H9NO2.W/c1-17(2,3)13-5-7-15(8-6-13)20(4)16(21)12-9-14(18)11-19-10-12;7-6-4-2-1-3-5-6;7-3-4-1-5(8)2-6-4;/h5-11,16,21H,1-4H3;6-7H,1-5H2;3-6,8H,1-2H2;/q;-1;;. The zero-order valence-corrected chi connectivity index (χ0v) is 26.1. The number of aliphatic hydroxyl groups is 2. The van der Waals surface area contributed by atoms with Crippen LogP contribution in [-0.2, 0) is 31.3 Å². The monoisotopic (exact) mass is 701 g/mol. The van der Waals surface area contributed by atoms with E-state index in [9.17, 15) is 9.90 Å². The molecule has 1 aliphatic heterocycles. The van der Waals surface area contributed by atoms with Crippen LogP contribution in [0.5, 0.6) is 0 Å². The summed E-state index contributed by atoms with van der Waals surface area (Å²) < 4.78 is 0. The van der Waals surface area contributed by atoms with Crippen molar-refractivity contribution in [3.63, 3.8) is 0 Å². The molecule has 0 radical (unpaired) electrons. The average molecular weight is 702 g/mol. The van der Waals surface area contributed by atoms with Crippen LogP contribution < -0.4 is 10.2 Å². The number of carbonyl (C=O) groups excluding carboxylic acids is 1. The Morgan fingerprint density at radius 2 is 1.78 bits per heavy atom. The molecule has 3 unspecified atom stereocenters. The van der Waals surface area contributed by atoms with Crippen molar-refractivity contribution < 1.29 is 36.1 Å². The minimum Gasteiger partial charge on any atom is -0.675 e. The van der Waals surface area contributed by atoms with Crippen molar-refractivity contribution in [2.75, 3.05) is 18.5 Å². The van der Waals surface area contributed by atoms with E-state index < -0.39 is 6.23 Å². The molecular formula is C28H42ClN4O3W-. The fourth-order valence-corrected chi connectivity index (χ4v) is 4.27. The molecule has 2 fully saturated rings. The van der Waals surface area contributed by atoms with Crippen molar-refractivity contribution in [1.29, 1.82) is 0 Å². The number of β-amino-alcohol motifs (C(OH)–C–C–N with tert-alkyl or cyclic N) is 1. The molecule has 2 aliphatic rings. The SMILES string of the molecule is CN(c1ccc(C(C)(C)C)cc1)C(O)c1cncc(Cl)c1.O=CC1CC(O)CN1.[NH-]C1CCCCC1.[W]. The Hall–Kier alpha value is -1.34. The van der Waals surface area contributed by atoms with Gasteiger partial charge in [0.2, 0.25) is 0 Å². The van der Waals surface area contributed by atoms with Crippen LogP contribution in [0.4, 0.5) is 5.69 Å². The van der Waals surface area contributed by atoms with E-state index in [0.29, 0.717) is 23.6 Å². The number of nitrogens with one attached hydrogen (secondary N) is 2. The van der Waals surface area contributed by atoms with E-state index in [-0.39, 0.29) is 44.7 Å². The van der Waals surface area contributed by atoms with Crippen LogP contribution in [0.2, 0.25) is 5.02 Å². The second-order valence-electron chi connectivity index (χ2n) is 10.6. The largest absolute Gasteiger partial charge is 0.675 e. The number of nitrogens with zero attached hydrogens (tertiary/aromatic N) is 2. The molecule has 7 nitrogen and oxygen atoms in total. The number of benzene rings is 1. The maximum absolute atomic E-state index is 10.4. The normalized spacial score (nSPS) is 20.3. The maximum atomic E-state index is 10.4. The third-order valence-electron chi connectivity index (χ3n) is 6.44. The number of rotatable bonds is 4. The molecule has 1 aliphatic carbocycles. The van der Waals surface area contributed by atoms with Gasteiger partial charge in [-0.25, -0.2) is 0 Å². The molecule has 9 heteroatoms. The predicted molar refractivity (Wildman–Crippen MR) is 147 cm³/mol. The molecule has 1 saturated carbocycles. The summed E-state index contributed by atoms with van der Waals surface area (Å²) in [6, 6.07) is 10.1. The van der Waals surface area contributed by atoms with Gasteiger partial charge in [-0.05, 0) is 35.6 Å². The molecule has 2 aromatic rings. The number of hydrogen-bond donors (Lipinski definition) is 3. The van der Waals surface area contributed by atoms with Crippen molar-refractivity contribution in [1.82, 2.24) is 10.3 Å². The molecule has 0 spiro atoms. The van der Waals surface area contributed by atoms with E-state index in [2.05, 4.69) is 43.2 Å². The molecule has 1 aromatic heterocycles. The smallest absolute Gasteiger partial charge is 0.154 e. The third-order valence-corrected chi connectivity index (χ3v) is 6.65. The van der Waals surface area contributed by atoms with Crippen molar-refractivity contribution >= 4 is 23.6 Å². The molecule has 3 atom stereocenters. The second-order valence-corrected chi connectivity index (χ2v) is 11.0. The molecule has 206 valence electrons. The van der Waals surface area contributed by atoms with Gasteiger partial charge in [0.15, 0.2) is 6.23 Å². The van der Waals surface area contributed by atoms with Crippen molar-refractivity contribution in [2.45, 2.75) is 89.1 Å². The topological polar surface area (TPSA) is 109 Å². The summed E-state index contributed by atoms with van der Waals surface area (Å²) in [5.41, 5.74) is 10.3. The summed E-state index contributed by atoms with van der Waals surface area (Å²) in [6.45, 7) is 7.10. The fraction of sp³-hybridized carbons (Fsp3) is 0.571. The van der Waals surface area contributed by atoms with Crippen molar-refractivity contribution in [3.05, 3.63) is 64.6 Å². The van der Waals surface area contributed by atoms with Crippen LogP contribution in [0.15, 0.2) is 42.7 Å². The summed E-state index contributed by atoms with van der Waals surface area (Å²) in [4.78, 5) is 15.8. The minimum atomic E-state index is -0.781. The van der Waals surface area contributed by atoms with Gasteiger partial charge in [0.1, 0.15) is 6.29 Å². The maximum Gasteiger partial charge on any atom is 0.154 e. The first-order chi connectivity index (χ1) is 17.0. The molecule has 1 saturated heterocycles. The van der Waals surface area contributed by atoms with Gasteiger partial charge in [-0.3, -0.25) is 4.98 Å². The first-order valence-corrected chi connectivity index (χ1v) is 13.1. The molecule has 0 bridgehead atoms. The van der Waals surface area contributed by atoms with Crippen LogP contribution in [-0.4, -0.2) is 53.3 Å². The molecular weight excluding hydrogens is 660 g/mol. The van der Waals surface area contributed by atoms with Crippen LogP contribution in [0.3, 0.4) is 0 Å². The Kier molecular flexibility index (Phi) is 15.1.